The maximum Gasteiger partial charge on any atom is 0.0795 e. The van der Waals surface area contributed by atoms with Gasteiger partial charge in [-0.15, -0.1) is 11.3 Å². The van der Waals surface area contributed by atoms with Crippen LogP contribution in [0.4, 0.5) is 0 Å². The smallest absolute Gasteiger partial charge is 0.0795 e. The highest BCUT2D eigenvalue weighted by Crippen LogP contribution is 2.47. The van der Waals surface area contributed by atoms with Gasteiger partial charge >= 0.3 is 0 Å². The number of hydrogen-bond donors (Lipinski definition) is 2. The average molecular weight is 237 g/mol. The molecule has 2 aliphatic rings. The maximum absolute atomic E-state index is 6.27. The zero-order valence-corrected chi connectivity index (χ0v) is 10.2. The van der Waals surface area contributed by atoms with Crippen LogP contribution in [0, 0.1) is 17.8 Å². The molecule has 1 aromatic rings. The third-order valence-electron chi connectivity index (χ3n) is 4.33. The Kier molecular flexibility index (Phi) is 2.96. The standard InChI is InChI=1S/C12H19N3S/c13-12-9-2-1-8(3-9)11(12)5-14-4-10-6-16-7-15-10/h6-9,11-12,14H,1-5,13H2. The van der Waals surface area contributed by atoms with Gasteiger partial charge in [0.2, 0.25) is 0 Å². The van der Waals surface area contributed by atoms with E-state index in [1.807, 2.05) is 5.51 Å². The molecule has 4 atom stereocenters. The van der Waals surface area contributed by atoms with E-state index >= 15 is 0 Å². The Morgan fingerprint density at radius 1 is 1.44 bits per heavy atom. The van der Waals surface area contributed by atoms with E-state index in [4.69, 9.17) is 5.73 Å². The molecule has 0 amide bonds. The van der Waals surface area contributed by atoms with Crippen molar-refractivity contribution in [2.24, 2.45) is 23.5 Å². The van der Waals surface area contributed by atoms with Crippen LogP contribution in [0.25, 0.3) is 0 Å². The Bertz CT molecular complexity index is 336. The third kappa shape index (κ3) is 1.90. The fourth-order valence-corrected chi connectivity index (χ4v) is 4.01. The second kappa shape index (κ2) is 4.43. The molecular weight excluding hydrogens is 218 g/mol. The predicted molar refractivity (Wildman–Crippen MR) is 66.1 cm³/mol. The Balaban J connectivity index is 1.49. The zero-order chi connectivity index (χ0) is 11.0. The van der Waals surface area contributed by atoms with E-state index in [1.165, 1.54) is 19.3 Å². The molecule has 2 fully saturated rings. The van der Waals surface area contributed by atoms with Crippen LogP contribution in [0.15, 0.2) is 10.9 Å². The molecule has 16 heavy (non-hydrogen) atoms. The van der Waals surface area contributed by atoms with E-state index in [9.17, 15) is 0 Å². The van der Waals surface area contributed by atoms with Crippen LogP contribution in [0.1, 0.15) is 25.0 Å². The highest BCUT2D eigenvalue weighted by atomic mass is 32.1. The van der Waals surface area contributed by atoms with E-state index in [-0.39, 0.29) is 0 Å². The van der Waals surface area contributed by atoms with Gasteiger partial charge in [0.1, 0.15) is 0 Å². The predicted octanol–water partition coefficient (Wildman–Crippen LogP) is 1.61. The molecule has 4 heteroatoms. The van der Waals surface area contributed by atoms with Gasteiger partial charge < -0.3 is 11.1 Å². The number of nitrogens with one attached hydrogen (secondary N) is 1. The Morgan fingerprint density at radius 2 is 2.31 bits per heavy atom. The van der Waals surface area contributed by atoms with Crippen molar-refractivity contribution >= 4 is 11.3 Å². The molecule has 2 aliphatic carbocycles. The molecule has 0 saturated heterocycles. The lowest BCUT2D eigenvalue weighted by atomic mass is 9.85. The van der Waals surface area contributed by atoms with Gasteiger partial charge in [-0.3, -0.25) is 0 Å². The van der Waals surface area contributed by atoms with Crippen molar-refractivity contribution < 1.29 is 0 Å². The highest BCUT2D eigenvalue weighted by molar-refractivity contribution is 7.07. The van der Waals surface area contributed by atoms with E-state index < -0.39 is 0 Å². The molecule has 3 nitrogen and oxygen atoms in total. The number of rotatable bonds is 4. The summed E-state index contributed by atoms with van der Waals surface area (Å²) in [5.41, 5.74) is 9.31. The summed E-state index contributed by atoms with van der Waals surface area (Å²) in [5, 5.41) is 5.61. The molecular formula is C12H19N3S. The van der Waals surface area contributed by atoms with Gasteiger partial charge in [0.15, 0.2) is 0 Å². The summed E-state index contributed by atoms with van der Waals surface area (Å²) in [5.74, 6) is 2.41. The summed E-state index contributed by atoms with van der Waals surface area (Å²) in [6.45, 7) is 1.96. The molecule has 0 radical (unpaired) electrons. The minimum absolute atomic E-state index is 0.446. The molecule has 0 aliphatic heterocycles. The molecule has 0 aromatic carbocycles. The van der Waals surface area contributed by atoms with Crippen LogP contribution < -0.4 is 11.1 Å². The quantitative estimate of drug-likeness (QED) is 0.836. The van der Waals surface area contributed by atoms with Gasteiger partial charge in [0, 0.05) is 24.5 Å². The van der Waals surface area contributed by atoms with Gasteiger partial charge in [0.25, 0.3) is 0 Å². The monoisotopic (exact) mass is 237 g/mol. The van der Waals surface area contributed by atoms with Crippen LogP contribution in [-0.4, -0.2) is 17.6 Å². The Morgan fingerprint density at radius 3 is 3.00 bits per heavy atom. The summed E-state index contributed by atoms with van der Waals surface area (Å²) >= 11 is 1.66. The molecule has 3 N–H and O–H groups in total. The Hall–Kier alpha value is -0.450. The van der Waals surface area contributed by atoms with Crippen molar-refractivity contribution in [2.45, 2.75) is 31.8 Å². The van der Waals surface area contributed by atoms with Crippen molar-refractivity contribution in [1.82, 2.24) is 10.3 Å². The number of nitrogens with two attached hydrogens (primary N) is 1. The average Bonchev–Trinajstić information content (AvgIpc) is 2.97. The largest absolute Gasteiger partial charge is 0.327 e. The fourth-order valence-electron chi connectivity index (χ4n) is 3.45. The van der Waals surface area contributed by atoms with Crippen molar-refractivity contribution in [3.8, 4) is 0 Å². The van der Waals surface area contributed by atoms with Crippen molar-refractivity contribution in [2.75, 3.05) is 6.54 Å². The zero-order valence-electron chi connectivity index (χ0n) is 9.43. The topological polar surface area (TPSA) is 50.9 Å². The number of nitrogens with zero attached hydrogens (tertiary/aromatic N) is 1. The lowest BCUT2D eigenvalue weighted by Gasteiger charge is -2.28. The summed E-state index contributed by atoms with van der Waals surface area (Å²) in [6.07, 6.45) is 4.15. The minimum atomic E-state index is 0.446. The van der Waals surface area contributed by atoms with Crippen molar-refractivity contribution in [1.29, 1.82) is 0 Å². The Labute approximate surface area is 100 Å². The molecule has 1 aromatic heterocycles. The number of fused-ring (bicyclic) bond motifs is 2. The molecule has 1 heterocycles. The SMILES string of the molecule is NC1C2CCC(C2)C1CNCc1cscn1. The van der Waals surface area contributed by atoms with Crippen LogP contribution in [0.3, 0.4) is 0 Å². The summed E-state index contributed by atoms with van der Waals surface area (Å²) < 4.78 is 0. The molecule has 2 saturated carbocycles. The number of hydrogen-bond acceptors (Lipinski definition) is 4. The number of aromatic nitrogens is 1. The second-order valence-corrected chi connectivity index (χ2v) is 5.90. The van der Waals surface area contributed by atoms with Gasteiger partial charge in [-0.25, -0.2) is 4.98 Å². The van der Waals surface area contributed by atoms with Crippen LogP contribution in [0.2, 0.25) is 0 Å². The molecule has 0 spiro atoms. The van der Waals surface area contributed by atoms with Gasteiger partial charge in [0.05, 0.1) is 11.2 Å². The first-order valence-electron chi connectivity index (χ1n) is 6.18. The minimum Gasteiger partial charge on any atom is -0.327 e. The van der Waals surface area contributed by atoms with Crippen LogP contribution in [-0.2, 0) is 6.54 Å². The second-order valence-electron chi connectivity index (χ2n) is 5.19. The summed E-state index contributed by atoms with van der Waals surface area (Å²) in [7, 11) is 0. The third-order valence-corrected chi connectivity index (χ3v) is 4.96. The first kappa shape index (κ1) is 10.7. The van der Waals surface area contributed by atoms with Crippen molar-refractivity contribution in [3.05, 3.63) is 16.6 Å². The van der Waals surface area contributed by atoms with Crippen LogP contribution in [0.5, 0.6) is 0 Å². The molecule has 88 valence electrons. The van der Waals surface area contributed by atoms with E-state index in [2.05, 4.69) is 15.7 Å². The number of thiazole rings is 1. The van der Waals surface area contributed by atoms with E-state index in [1.54, 1.807) is 11.3 Å². The van der Waals surface area contributed by atoms with Crippen molar-refractivity contribution in [3.63, 3.8) is 0 Å². The summed E-state index contributed by atoms with van der Waals surface area (Å²) in [6, 6.07) is 0.446. The van der Waals surface area contributed by atoms with E-state index in [0.29, 0.717) is 12.0 Å². The normalized spacial score (nSPS) is 37.1. The van der Waals surface area contributed by atoms with Crippen LogP contribution >= 0.6 is 11.3 Å². The van der Waals surface area contributed by atoms with Gasteiger partial charge in [-0.2, -0.15) is 0 Å². The summed E-state index contributed by atoms with van der Waals surface area (Å²) in [4.78, 5) is 4.27. The lowest BCUT2D eigenvalue weighted by molar-refractivity contribution is 0.278. The first-order valence-corrected chi connectivity index (χ1v) is 7.12. The molecule has 3 rings (SSSR count). The maximum atomic E-state index is 6.27. The highest BCUT2D eigenvalue weighted by Gasteiger charge is 2.45. The van der Waals surface area contributed by atoms with Gasteiger partial charge in [-0.1, -0.05) is 0 Å². The van der Waals surface area contributed by atoms with Gasteiger partial charge in [-0.05, 0) is 37.0 Å². The molecule has 4 unspecified atom stereocenters. The fraction of sp³-hybridized carbons (Fsp3) is 0.750. The van der Waals surface area contributed by atoms with E-state index in [0.717, 1.165) is 30.6 Å². The lowest BCUT2D eigenvalue weighted by Crippen LogP contribution is -2.41. The first-order chi connectivity index (χ1) is 7.84. The molecule has 2 bridgehead atoms.